The van der Waals surface area contributed by atoms with Crippen molar-refractivity contribution in [2.75, 3.05) is 27.3 Å². The number of rotatable bonds is 6. The molecule has 1 unspecified atom stereocenters. The van der Waals surface area contributed by atoms with Crippen molar-refractivity contribution in [1.29, 1.82) is 0 Å². The number of carbonyl (C=O) groups is 1. The van der Waals surface area contributed by atoms with E-state index in [4.69, 9.17) is 9.47 Å². The summed E-state index contributed by atoms with van der Waals surface area (Å²) >= 11 is 0. The van der Waals surface area contributed by atoms with Crippen LogP contribution in [0, 0.1) is 0 Å². The number of carbonyl (C=O) groups excluding carboxylic acids is 1. The first-order chi connectivity index (χ1) is 18.6. The maximum absolute atomic E-state index is 13.7. The van der Waals surface area contributed by atoms with Gasteiger partial charge in [0.25, 0.3) is 5.91 Å². The molecular formula is C30H29N5O3. The first-order valence-corrected chi connectivity index (χ1v) is 12.6. The van der Waals surface area contributed by atoms with Crippen LogP contribution in [0.2, 0.25) is 0 Å². The Labute approximate surface area is 221 Å². The third-order valence-electron chi connectivity index (χ3n) is 7.31. The molecule has 2 aromatic heterocycles. The number of hydrogen-bond acceptors (Lipinski definition) is 5. The van der Waals surface area contributed by atoms with Crippen molar-refractivity contribution in [3.05, 3.63) is 90.5 Å². The van der Waals surface area contributed by atoms with Gasteiger partial charge in [-0.25, -0.2) is 4.98 Å². The van der Waals surface area contributed by atoms with Crippen LogP contribution in [0.5, 0.6) is 11.5 Å². The third-order valence-corrected chi connectivity index (χ3v) is 7.31. The summed E-state index contributed by atoms with van der Waals surface area (Å²) in [5.41, 5.74) is 6.37. The van der Waals surface area contributed by atoms with Crippen LogP contribution >= 0.6 is 0 Å². The van der Waals surface area contributed by atoms with Gasteiger partial charge in [-0.15, -0.1) is 0 Å². The first kappa shape index (κ1) is 23.8. The maximum Gasteiger partial charge on any atom is 0.261 e. The molecule has 1 fully saturated rings. The van der Waals surface area contributed by atoms with Crippen LogP contribution in [-0.4, -0.2) is 57.4 Å². The van der Waals surface area contributed by atoms with E-state index in [0.29, 0.717) is 36.1 Å². The topological polar surface area (TPSA) is 74.4 Å². The minimum absolute atomic E-state index is 0.0831. The Morgan fingerprint density at radius 3 is 2.42 bits per heavy atom. The number of likely N-dealkylation sites (tertiary alicyclic amines) is 1. The molecule has 3 heterocycles. The molecule has 192 valence electrons. The minimum atomic E-state index is -0.0831. The second-order valence-electron chi connectivity index (χ2n) is 9.59. The van der Waals surface area contributed by atoms with Gasteiger partial charge < -0.3 is 14.4 Å². The standard InChI is InChI=1S/C30H29N5O3/c1-33-17-23(16-32-33)21-9-10-26-25(13-21)31-19-35(26)24-14-27(37-2)29(28(15-24)38-3)30(36)34-12-11-22(18-34)20-7-5-4-6-8-20/h4-10,13-17,19,22H,11-12,18H2,1-3H3. The Morgan fingerprint density at radius 2 is 1.74 bits per heavy atom. The van der Waals surface area contributed by atoms with Crippen LogP contribution in [0.1, 0.15) is 28.3 Å². The van der Waals surface area contributed by atoms with E-state index in [2.05, 4.69) is 28.3 Å². The number of hydrogen-bond donors (Lipinski definition) is 0. The molecule has 5 aromatic rings. The van der Waals surface area contributed by atoms with E-state index in [1.165, 1.54) is 5.56 Å². The molecule has 1 aliphatic heterocycles. The van der Waals surface area contributed by atoms with Crippen LogP contribution in [0.25, 0.3) is 27.8 Å². The summed E-state index contributed by atoms with van der Waals surface area (Å²) in [7, 11) is 5.06. The average molecular weight is 508 g/mol. The third kappa shape index (κ3) is 4.18. The molecule has 8 nitrogen and oxygen atoms in total. The molecule has 0 saturated carbocycles. The van der Waals surface area contributed by atoms with Crippen LogP contribution in [0.4, 0.5) is 0 Å². The quantitative estimate of drug-likeness (QED) is 0.321. The molecule has 0 radical (unpaired) electrons. The number of imidazole rings is 1. The molecule has 0 N–H and O–H groups in total. The van der Waals surface area contributed by atoms with E-state index in [-0.39, 0.29) is 5.91 Å². The number of fused-ring (bicyclic) bond motifs is 1. The van der Waals surface area contributed by atoms with Gasteiger partial charge in [0.2, 0.25) is 0 Å². The van der Waals surface area contributed by atoms with E-state index in [9.17, 15) is 4.79 Å². The minimum Gasteiger partial charge on any atom is -0.496 e. The number of nitrogens with zero attached hydrogens (tertiary/aromatic N) is 5. The fourth-order valence-electron chi connectivity index (χ4n) is 5.32. The van der Waals surface area contributed by atoms with Crippen molar-refractivity contribution in [1.82, 2.24) is 24.2 Å². The Kier molecular flexibility index (Phi) is 6.07. The molecule has 8 heteroatoms. The number of aryl methyl sites for hydroxylation is 1. The fourth-order valence-corrected chi connectivity index (χ4v) is 5.32. The van der Waals surface area contributed by atoms with E-state index in [1.807, 2.05) is 71.4 Å². The summed E-state index contributed by atoms with van der Waals surface area (Å²) in [4.78, 5) is 20.2. The van der Waals surface area contributed by atoms with Gasteiger partial charge in [0, 0.05) is 49.9 Å². The van der Waals surface area contributed by atoms with Crippen LogP contribution < -0.4 is 9.47 Å². The lowest BCUT2D eigenvalue weighted by Gasteiger charge is -2.21. The summed E-state index contributed by atoms with van der Waals surface area (Å²) in [6, 6.07) is 20.2. The SMILES string of the molecule is COc1cc(-n2cnc3cc(-c4cnn(C)c4)ccc32)cc(OC)c1C(=O)N1CCC(c2ccccc2)C1. The zero-order chi connectivity index (χ0) is 26.2. The molecule has 0 bridgehead atoms. The molecule has 6 rings (SSSR count). The van der Waals surface area contributed by atoms with E-state index >= 15 is 0 Å². The highest BCUT2D eigenvalue weighted by molar-refractivity contribution is 6.00. The van der Waals surface area contributed by atoms with Crippen molar-refractivity contribution >= 4 is 16.9 Å². The zero-order valence-corrected chi connectivity index (χ0v) is 21.7. The smallest absolute Gasteiger partial charge is 0.261 e. The zero-order valence-electron chi connectivity index (χ0n) is 21.7. The molecule has 1 atom stereocenters. The van der Waals surface area contributed by atoms with Gasteiger partial charge in [-0.05, 0) is 29.7 Å². The van der Waals surface area contributed by atoms with E-state index in [1.54, 1.807) is 25.2 Å². The van der Waals surface area contributed by atoms with Gasteiger partial charge >= 0.3 is 0 Å². The van der Waals surface area contributed by atoms with Crippen molar-refractivity contribution in [2.45, 2.75) is 12.3 Å². The van der Waals surface area contributed by atoms with Crippen LogP contribution in [0.15, 0.2) is 79.4 Å². The van der Waals surface area contributed by atoms with Gasteiger partial charge in [-0.3, -0.25) is 14.0 Å². The normalized spacial score (nSPS) is 15.2. The van der Waals surface area contributed by atoms with Gasteiger partial charge in [0.15, 0.2) is 0 Å². The first-order valence-electron chi connectivity index (χ1n) is 12.6. The van der Waals surface area contributed by atoms with Gasteiger partial charge in [0.05, 0.1) is 37.1 Å². The number of aromatic nitrogens is 4. The largest absolute Gasteiger partial charge is 0.496 e. The second kappa shape index (κ2) is 9.70. The van der Waals surface area contributed by atoms with Gasteiger partial charge in [0.1, 0.15) is 23.4 Å². The summed E-state index contributed by atoms with van der Waals surface area (Å²) in [6.45, 7) is 1.36. The number of amides is 1. The molecule has 0 aliphatic carbocycles. The van der Waals surface area contributed by atoms with Crippen molar-refractivity contribution in [3.8, 4) is 28.3 Å². The summed E-state index contributed by atoms with van der Waals surface area (Å²) in [6.07, 6.45) is 6.52. The molecular weight excluding hydrogens is 478 g/mol. The molecule has 38 heavy (non-hydrogen) atoms. The van der Waals surface area contributed by atoms with E-state index < -0.39 is 0 Å². The average Bonchev–Trinajstić information content (AvgIpc) is 3.72. The monoisotopic (exact) mass is 507 g/mol. The van der Waals surface area contributed by atoms with Gasteiger partial charge in [-0.1, -0.05) is 36.4 Å². The van der Waals surface area contributed by atoms with E-state index in [0.717, 1.165) is 34.3 Å². The lowest BCUT2D eigenvalue weighted by molar-refractivity contribution is 0.0784. The fraction of sp³-hybridized carbons (Fsp3) is 0.233. The second-order valence-corrected chi connectivity index (χ2v) is 9.59. The Hall–Kier alpha value is -4.59. The Bertz CT molecular complexity index is 1600. The predicted molar refractivity (Wildman–Crippen MR) is 146 cm³/mol. The lowest BCUT2D eigenvalue weighted by atomic mass is 9.99. The molecule has 1 saturated heterocycles. The summed E-state index contributed by atoms with van der Waals surface area (Å²) < 4.78 is 15.2. The number of methoxy groups -OCH3 is 2. The predicted octanol–water partition coefficient (Wildman–Crippen LogP) is 5.07. The van der Waals surface area contributed by atoms with Crippen molar-refractivity contribution < 1.29 is 14.3 Å². The highest BCUT2D eigenvalue weighted by Crippen LogP contribution is 2.37. The summed E-state index contributed by atoms with van der Waals surface area (Å²) in [5, 5.41) is 4.27. The van der Waals surface area contributed by atoms with Crippen LogP contribution in [0.3, 0.4) is 0 Å². The molecule has 3 aromatic carbocycles. The number of benzene rings is 3. The lowest BCUT2D eigenvalue weighted by Crippen LogP contribution is -2.29. The molecule has 1 aliphatic rings. The Balaban J connectivity index is 1.33. The molecule has 1 amide bonds. The summed E-state index contributed by atoms with van der Waals surface area (Å²) in [5.74, 6) is 1.19. The highest BCUT2D eigenvalue weighted by Gasteiger charge is 2.31. The maximum atomic E-state index is 13.7. The Morgan fingerprint density at radius 1 is 0.974 bits per heavy atom. The number of ether oxygens (including phenoxy) is 2. The van der Waals surface area contributed by atoms with Gasteiger partial charge in [-0.2, -0.15) is 5.10 Å². The molecule has 0 spiro atoms. The van der Waals surface area contributed by atoms with Crippen LogP contribution in [-0.2, 0) is 7.05 Å². The van der Waals surface area contributed by atoms with Crippen molar-refractivity contribution in [2.24, 2.45) is 7.05 Å². The highest BCUT2D eigenvalue weighted by atomic mass is 16.5. The van der Waals surface area contributed by atoms with Crippen molar-refractivity contribution in [3.63, 3.8) is 0 Å².